The van der Waals surface area contributed by atoms with Crippen LogP contribution in [-0.2, 0) is 0 Å². The fourth-order valence-corrected chi connectivity index (χ4v) is 2.48. The maximum absolute atomic E-state index is 4.45. The van der Waals surface area contributed by atoms with Gasteiger partial charge in [0.1, 0.15) is 0 Å². The summed E-state index contributed by atoms with van der Waals surface area (Å²) in [6, 6.07) is 9.93. The Balaban J connectivity index is 0.000000637. The number of unbranched alkanes of at least 4 members (excludes halogenated alkanes) is 5. The van der Waals surface area contributed by atoms with Gasteiger partial charge in [0.15, 0.2) is 0 Å². The van der Waals surface area contributed by atoms with Crippen LogP contribution in [0, 0.1) is 0 Å². The molecule has 0 atom stereocenters. The average Bonchev–Trinajstić information content (AvgIpc) is 2.75. The lowest BCUT2D eigenvalue weighted by Gasteiger charge is -2.05. The Labute approximate surface area is 168 Å². The highest BCUT2D eigenvalue weighted by Crippen LogP contribution is 2.20. The van der Waals surface area contributed by atoms with Crippen LogP contribution in [0.4, 0.5) is 0 Å². The minimum absolute atomic E-state index is 0.905. The van der Waals surface area contributed by atoms with E-state index in [0.29, 0.717) is 0 Å². The van der Waals surface area contributed by atoms with Gasteiger partial charge in [-0.05, 0) is 42.2 Å². The van der Waals surface area contributed by atoms with Gasteiger partial charge in [-0.1, -0.05) is 91.9 Å². The van der Waals surface area contributed by atoms with E-state index in [1.807, 2.05) is 44.3 Å². The van der Waals surface area contributed by atoms with E-state index in [9.17, 15) is 0 Å². The Bertz CT molecular complexity index is 569. The summed E-state index contributed by atoms with van der Waals surface area (Å²) in [6.07, 6.45) is 14.1. The average molecular weight is 369 g/mol. The van der Waals surface area contributed by atoms with E-state index in [4.69, 9.17) is 0 Å². The minimum atomic E-state index is 0.905. The molecule has 0 aromatic carbocycles. The molecule has 0 saturated heterocycles. The Morgan fingerprint density at radius 3 is 1.89 bits per heavy atom. The van der Waals surface area contributed by atoms with Crippen molar-refractivity contribution in [1.29, 1.82) is 0 Å². The quantitative estimate of drug-likeness (QED) is 0.415. The highest BCUT2D eigenvalue weighted by Gasteiger charge is 2.02. The van der Waals surface area contributed by atoms with Crippen molar-refractivity contribution in [1.82, 2.24) is 9.97 Å². The van der Waals surface area contributed by atoms with Crippen LogP contribution in [0.3, 0.4) is 0 Å². The Hall–Kier alpha value is -1.96. The molecule has 2 heteroatoms. The molecule has 2 rings (SSSR count). The highest BCUT2D eigenvalue weighted by atomic mass is 14.8. The molecule has 0 radical (unpaired) electrons. The molecule has 2 heterocycles. The molecule has 0 unspecified atom stereocenters. The maximum atomic E-state index is 4.45. The van der Waals surface area contributed by atoms with E-state index < -0.39 is 0 Å². The van der Waals surface area contributed by atoms with Gasteiger partial charge in [0.05, 0.1) is 11.4 Å². The molecule has 2 nitrogen and oxygen atoms in total. The van der Waals surface area contributed by atoms with Crippen molar-refractivity contribution in [2.75, 3.05) is 0 Å². The van der Waals surface area contributed by atoms with Gasteiger partial charge in [0.2, 0.25) is 0 Å². The molecule has 0 saturated carbocycles. The zero-order valence-electron chi connectivity index (χ0n) is 18.3. The van der Waals surface area contributed by atoms with Crippen molar-refractivity contribution in [2.24, 2.45) is 0 Å². The van der Waals surface area contributed by atoms with Crippen LogP contribution >= 0.6 is 0 Å². The fraction of sp³-hybridized carbons (Fsp3) is 0.520. The number of hydrogen-bond donors (Lipinski definition) is 0. The van der Waals surface area contributed by atoms with Gasteiger partial charge < -0.3 is 0 Å². The van der Waals surface area contributed by atoms with Crippen LogP contribution in [0.5, 0.6) is 0 Å². The van der Waals surface area contributed by atoms with Gasteiger partial charge in [-0.15, -0.1) is 0 Å². The molecule has 2 aromatic heterocycles. The van der Waals surface area contributed by atoms with Crippen molar-refractivity contribution in [2.45, 2.75) is 86.0 Å². The summed E-state index contributed by atoms with van der Waals surface area (Å²) in [5, 5.41) is 0. The monoisotopic (exact) mass is 368 g/mol. The first-order valence-electron chi connectivity index (χ1n) is 10.8. The molecule has 2 aromatic rings. The zero-order chi connectivity index (χ0) is 20.3. The second-order valence-corrected chi connectivity index (χ2v) is 6.41. The van der Waals surface area contributed by atoms with E-state index in [1.165, 1.54) is 44.9 Å². The van der Waals surface area contributed by atoms with Gasteiger partial charge in [-0.2, -0.15) is 0 Å². The zero-order valence-corrected chi connectivity index (χ0v) is 18.3. The molecular formula is C25H40N2. The number of rotatable bonds is 9. The van der Waals surface area contributed by atoms with Crippen molar-refractivity contribution < 1.29 is 0 Å². The summed E-state index contributed by atoms with van der Waals surface area (Å²) in [7, 11) is 0. The van der Waals surface area contributed by atoms with Crippen LogP contribution in [0.25, 0.3) is 17.0 Å². The predicted octanol–water partition coefficient (Wildman–Crippen LogP) is 8.35. The summed E-state index contributed by atoms with van der Waals surface area (Å²) in [5.41, 5.74) is 4.10. The third kappa shape index (κ3) is 11.4. The largest absolute Gasteiger partial charge is 0.255 e. The molecule has 0 bridgehead atoms. The maximum Gasteiger partial charge on any atom is 0.0886 e. The first kappa shape index (κ1) is 25.0. The van der Waals surface area contributed by atoms with E-state index in [-0.39, 0.29) is 0 Å². The van der Waals surface area contributed by atoms with E-state index in [1.54, 1.807) is 6.20 Å². The summed E-state index contributed by atoms with van der Waals surface area (Å²) >= 11 is 0. The van der Waals surface area contributed by atoms with E-state index >= 15 is 0 Å². The lowest BCUT2D eigenvalue weighted by Crippen LogP contribution is -1.89. The summed E-state index contributed by atoms with van der Waals surface area (Å²) in [6.45, 7) is 14.8. The molecule has 150 valence electrons. The van der Waals surface area contributed by atoms with Crippen LogP contribution in [-0.4, -0.2) is 9.97 Å². The minimum Gasteiger partial charge on any atom is -0.255 e. The summed E-state index contributed by atoms with van der Waals surface area (Å²) in [4.78, 5) is 8.74. The molecular weight excluding hydrogens is 328 g/mol. The fourth-order valence-electron chi connectivity index (χ4n) is 2.48. The Kier molecular flexibility index (Phi) is 16.2. The first-order valence-corrected chi connectivity index (χ1v) is 10.8. The molecule has 0 aliphatic rings. The standard InChI is InChI=1S/C16H18N2.C7H16.C2H6/c1-3-4-7-13(2)14-9-10-16(18-12-14)15-8-5-6-11-17-15;1-3-5-7-6-4-2;1-2/h5-6,8-12H,2-4,7H2,1H3;3-7H2,1-2H3;1-2H3. The van der Waals surface area contributed by atoms with Crippen LogP contribution in [0.2, 0.25) is 0 Å². The van der Waals surface area contributed by atoms with Crippen LogP contribution in [0.15, 0.2) is 49.3 Å². The van der Waals surface area contributed by atoms with Crippen molar-refractivity contribution in [3.63, 3.8) is 0 Å². The SMILES string of the molecule is C=C(CCCC)c1ccc(-c2ccccn2)nc1.CC.CCCCCCC. The van der Waals surface area contributed by atoms with Gasteiger partial charge in [0.25, 0.3) is 0 Å². The molecule has 0 aliphatic heterocycles. The van der Waals surface area contributed by atoms with Crippen LogP contribution < -0.4 is 0 Å². The first-order chi connectivity index (χ1) is 13.2. The highest BCUT2D eigenvalue weighted by molar-refractivity contribution is 5.64. The van der Waals surface area contributed by atoms with Gasteiger partial charge >= 0.3 is 0 Å². The number of aromatic nitrogens is 2. The second kappa shape index (κ2) is 17.5. The van der Waals surface area contributed by atoms with Gasteiger partial charge in [0, 0.05) is 12.4 Å². The van der Waals surface area contributed by atoms with E-state index in [0.717, 1.165) is 28.9 Å². The Morgan fingerprint density at radius 1 is 0.778 bits per heavy atom. The van der Waals surface area contributed by atoms with Crippen molar-refractivity contribution in [3.8, 4) is 11.4 Å². The topological polar surface area (TPSA) is 25.8 Å². The lowest BCUT2D eigenvalue weighted by molar-refractivity contribution is 0.656. The molecule has 0 fully saturated rings. The number of nitrogens with zero attached hydrogens (tertiary/aromatic N) is 2. The normalized spacial score (nSPS) is 9.52. The number of pyridine rings is 2. The van der Waals surface area contributed by atoms with Crippen molar-refractivity contribution >= 4 is 5.57 Å². The molecule has 0 spiro atoms. The molecule has 27 heavy (non-hydrogen) atoms. The number of hydrogen-bond acceptors (Lipinski definition) is 2. The van der Waals surface area contributed by atoms with Gasteiger partial charge in [-0.3, -0.25) is 9.97 Å². The third-order valence-corrected chi connectivity index (χ3v) is 4.14. The summed E-state index contributed by atoms with van der Waals surface area (Å²) in [5.74, 6) is 0. The second-order valence-electron chi connectivity index (χ2n) is 6.41. The predicted molar refractivity (Wildman–Crippen MR) is 122 cm³/mol. The lowest BCUT2D eigenvalue weighted by atomic mass is 10.0. The smallest absolute Gasteiger partial charge is 0.0886 e. The number of allylic oxidation sites excluding steroid dienone is 1. The third-order valence-electron chi connectivity index (χ3n) is 4.14. The van der Waals surface area contributed by atoms with Gasteiger partial charge in [-0.25, -0.2) is 0 Å². The van der Waals surface area contributed by atoms with E-state index in [2.05, 4.69) is 43.4 Å². The van der Waals surface area contributed by atoms with Crippen molar-refractivity contribution in [3.05, 3.63) is 54.9 Å². The Morgan fingerprint density at radius 2 is 1.41 bits per heavy atom. The van der Waals surface area contributed by atoms with Crippen LogP contribution in [0.1, 0.15) is 91.5 Å². The molecule has 0 N–H and O–H groups in total. The molecule has 0 aliphatic carbocycles. The molecule has 0 amide bonds. The summed E-state index contributed by atoms with van der Waals surface area (Å²) < 4.78 is 0.